The van der Waals surface area contributed by atoms with Crippen LogP contribution in [-0.4, -0.2) is 69.9 Å². The van der Waals surface area contributed by atoms with E-state index in [9.17, 15) is 24.3 Å². The van der Waals surface area contributed by atoms with Crippen LogP contribution in [0.5, 0.6) is 0 Å². The van der Waals surface area contributed by atoms with E-state index in [2.05, 4.69) is 27.7 Å². The fourth-order valence-corrected chi connectivity index (χ4v) is 5.90. The number of carbonyl (C=O) groups excluding carboxylic acids is 1. The Balaban J connectivity index is 0.000000262. The van der Waals surface area contributed by atoms with Crippen molar-refractivity contribution in [3.05, 3.63) is 119 Å². The summed E-state index contributed by atoms with van der Waals surface area (Å²) in [4.78, 5) is 46.3. The molecule has 0 heterocycles. The molecule has 0 saturated carbocycles. The number of nitrogens with zero attached hydrogens (tertiary/aromatic N) is 1. The van der Waals surface area contributed by atoms with Crippen LogP contribution in [0.3, 0.4) is 0 Å². The molecule has 0 spiro atoms. The molecule has 47 heavy (non-hydrogen) atoms. The van der Waals surface area contributed by atoms with Gasteiger partial charge in [0.15, 0.2) is 0 Å². The summed E-state index contributed by atoms with van der Waals surface area (Å²) in [7, 11) is 0. The minimum Gasteiger partial charge on any atom is -0.545 e. The van der Waals surface area contributed by atoms with Gasteiger partial charge in [-0.15, -0.1) is 0 Å². The Hall–Kier alpha value is -4.58. The lowest BCUT2D eigenvalue weighted by Gasteiger charge is -2.34. The molecular formula is C36H39NO8S2. The Kier molecular flexibility index (Phi) is 15.7. The molecule has 0 aliphatic rings. The van der Waals surface area contributed by atoms with Crippen LogP contribution in [0.4, 0.5) is 0 Å². The van der Waals surface area contributed by atoms with Crippen molar-refractivity contribution in [3.8, 4) is 0 Å². The summed E-state index contributed by atoms with van der Waals surface area (Å²) in [5.41, 5.74) is 0.846. The summed E-state index contributed by atoms with van der Waals surface area (Å²) < 4.78 is 1.28. The summed E-state index contributed by atoms with van der Waals surface area (Å²) >= 11 is 2.86. The summed E-state index contributed by atoms with van der Waals surface area (Å²) in [6.45, 7) is 14.2. The van der Waals surface area contributed by atoms with Crippen molar-refractivity contribution in [2.75, 3.05) is 26.2 Å². The van der Waals surface area contributed by atoms with E-state index < -0.39 is 23.9 Å². The summed E-state index contributed by atoms with van der Waals surface area (Å²) in [6.07, 6.45) is 0. The molecular weight excluding hydrogens is 639 g/mol. The second-order valence-corrected chi connectivity index (χ2v) is 12.4. The molecule has 4 rings (SSSR count). The molecule has 248 valence electrons. The first-order chi connectivity index (χ1) is 22.4. The molecule has 0 aliphatic heterocycles. The predicted octanol–water partition coefficient (Wildman–Crippen LogP) is 7.02. The third kappa shape index (κ3) is 12.6. The molecule has 0 fully saturated rings. The SMILES string of the molecule is CC[N+](CC)(CC)CC.O=C(O)c1ccc(Sc2ccc(C(=O)O)cc2)cc1.O=C([O-])c1ccc(Sc2ccc(C(=O)O)cc2)cc1. The van der Waals surface area contributed by atoms with Crippen molar-refractivity contribution in [1.29, 1.82) is 0 Å². The molecule has 0 atom stereocenters. The van der Waals surface area contributed by atoms with Gasteiger partial charge in [-0.25, -0.2) is 14.4 Å². The molecule has 4 aromatic rings. The number of aromatic carboxylic acids is 4. The molecule has 9 nitrogen and oxygen atoms in total. The predicted molar refractivity (Wildman–Crippen MR) is 182 cm³/mol. The van der Waals surface area contributed by atoms with E-state index in [1.165, 1.54) is 103 Å². The Labute approximate surface area is 283 Å². The van der Waals surface area contributed by atoms with Gasteiger partial charge in [0.05, 0.1) is 48.8 Å². The highest BCUT2D eigenvalue weighted by Crippen LogP contribution is 2.29. The number of benzene rings is 4. The van der Waals surface area contributed by atoms with Crippen LogP contribution in [0.2, 0.25) is 0 Å². The maximum Gasteiger partial charge on any atom is 0.335 e. The van der Waals surface area contributed by atoms with E-state index in [0.717, 1.165) is 19.6 Å². The maximum absolute atomic E-state index is 10.7. The van der Waals surface area contributed by atoms with E-state index in [-0.39, 0.29) is 22.3 Å². The number of carboxylic acid groups (broad SMARTS) is 4. The van der Waals surface area contributed by atoms with Gasteiger partial charge in [-0.2, -0.15) is 0 Å². The number of rotatable bonds is 12. The highest BCUT2D eigenvalue weighted by molar-refractivity contribution is 7.99. The second-order valence-electron chi connectivity index (χ2n) is 10.1. The molecule has 0 bridgehead atoms. The Morgan fingerprint density at radius 1 is 0.468 bits per heavy atom. The number of hydrogen-bond donors (Lipinski definition) is 3. The second kappa shape index (κ2) is 19.2. The monoisotopic (exact) mass is 677 g/mol. The molecule has 0 aliphatic carbocycles. The minimum absolute atomic E-state index is 0.130. The molecule has 0 saturated heterocycles. The van der Waals surface area contributed by atoms with Crippen LogP contribution in [-0.2, 0) is 0 Å². The van der Waals surface area contributed by atoms with E-state index in [1.54, 1.807) is 48.5 Å². The topological polar surface area (TPSA) is 152 Å². The highest BCUT2D eigenvalue weighted by atomic mass is 32.2. The third-order valence-electron chi connectivity index (χ3n) is 7.55. The van der Waals surface area contributed by atoms with Crippen molar-refractivity contribution in [2.45, 2.75) is 47.3 Å². The zero-order valence-corrected chi connectivity index (χ0v) is 28.3. The average molecular weight is 678 g/mol. The van der Waals surface area contributed by atoms with E-state index in [1.807, 2.05) is 0 Å². The first-order valence-corrected chi connectivity index (χ1v) is 16.5. The van der Waals surface area contributed by atoms with Gasteiger partial charge >= 0.3 is 17.9 Å². The summed E-state index contributed by atoms with van der Waals surface area (Å²) in [5.74, 6) is -4.08. The molecule has 0 amide bonds. The lowest BCUT2D eigenvalue weighted by atomic mass is 10.2. The fourth-order valence-electron chi connectivity index (χ4n) is 4.27. The summed E-state index contributed by atoms with van der Waals surface area (Å²) in [5, 5.41) is 36.9. The highest BCUT2D eigenvalue weighted by Gasteiger charge is 2.16. The summed E-state index contributed by atoms with van der Waals surface area (Å²) in [6, 6.07) is 25.8. The lowest BCUT2D eigenvalue weighted by molar-refractivity contribution is -0.921. The van der Waals surface area contributed by atoms with Crippen molar-refractivity contribution in [3.63, 3.8) is 0 Å². The van der Waals surface area contributed by atoms with Crippen molar-refractivity contribution >= 4 is 47.4 Å². The number of quaternary nitrogens is 1. The first-order valence-electron chi connectivity index (χ1n) is 14.9. The van der Waals surface area contributed by atoms with Gasteiger partial charge < -0.3 is 29.7 Å². The molecule has 0 aromatic heterocycles. The molecule has 11 heteroatoms. The van der Waals surface area contributed by atoms with E-state index >= 15 is 0 Å². The Bertz CT molecular complexity index is 1360. The van der Waals surface area contributed by atoms with Crippen LogP contribution in [0.1, 0.15) is 69.1 Å². The number of carboxylic acids is 4. The van der Waals surface area contributed by atoms with Crippen LogP contribution >= 0.6 is 23.5 Å². The largest absolute Gasteiger partial charge is 0.545 e. The van der Waals surface area contributed by atoms with Gasteiger partial charge in [0, 0.05) is 19.6 Å². The van der Waals surface area contributed by atoms with E-state index in [4.69, 9.17) is 15.3 Å². The van der Waals surface area contributed by atoms with Crippen LogP contribution in [0, 0.1) is 0 Å². The third-order valence-corrected chi connectivity index (χ3v) is 9.58. The zero-order chi connectivity index (χ0) is 35.0. The smallest absolute Gasteiger partial charge is 0.335 e. The number of carbonyl (C=O) groups is 4. The van der Waals surface area contributed by atoms with Gasteiger partial charge in [0.1, 0.15) is 0 Å². The molecule has 0 unspecified atom stereocenters. The van der Waals surface area contributed by atoms with Crippen LogP contribution in [0.25, 0.3) is 0 Å². The number of hydrogen-bond acceptors (Lipinski definition) is 7. The van der Waals surface area contributed by atoms with E-state index in [0.29, 0.717) is 0 Å². The van der Waals surface area contributed by atoms with Gasteiger partial charge in [0.25, 0.3) is 0 Å². The standard InChI is InChI=1S/2C14H10O4S.C8H20N/c2*15-13(16)9-1-5-11(6-2-9)19-12-7-3-10(4-8-12)14(17)18;1-5-9(6-2,7-3)8-4/h2*1-8H,(H,15,16)(H,17,18);5-8H2,1-4H3/q;;+1/p-1. The Morgan fingerprint density at radius 3 is 0.830 bits per heavy atom. The van der Waals surface area contributed by atoms with Gasteiger partial charge in [-0.05, 0) is 118 Å². The van der Waals surface area contributed by atoms with Gasteiger partial charge in [-0.3, -0.25) is 0 Å². The van der Waals surface area contributed by atoms with Gasteiger partial charge in [0.2, 0.25) is 0 Å². The van der Waals surface area contributed by atoms with Crippen LogP contribution < -0.4 is 5.11 Å². The Morgan fingerprint density at radius 2 is 0.681 bits per heavy atom. The average Bonchev–Trinajstić information content (AvgIpc) is 3.08. The fraction of sp³-hybridized carbons (Fsp3) is 0.222. The molecule has 4 aromatic carbocycles. The van der Waals surface area contributed by atoms with Crippen molar-refractivity contribution < 1.29 is 44.1 Å². The zero-order valence-electron chi connectivity index (χ0n) is 26.7. The van der Waals surface area contributed by atoms with Crippen LogP contribution in [0.15, 0.2) is 117 Å². The molecule has 0 radical (unpaired) electrons. The van der Waals surface area contributed by atoms with Gasteiger partial charge in [-0.1, -0.05) is 35.7 Å². The van der Waals surface area contributed by atoms with Crippen molar-refractivity contribution in [2.24, 2.45) is 0 Å². The normalized spacial score (nSPS) is 10.5. The first kappa shape index (κ1) is 38.6. The van der Waals surface area contributed by atoms with Crippen molar-refractivity contribution in [1.82, 2.24) is 0 Å². The quantitative estimate of drug-likeness (QED) is 0.133. The molecule has 3 N–H and O–H groups in total. The maximum atomic E-state index is 10.7. The lowest BCUT2D eigenvalue weighted by Crippen LogP contribution is -2.47. The minimum atomic E-state index is -1.21.